The first kappa shape index (κ1) is 28.9. The maximum absolute atomic E-state index is 13.7. The standard InChI is InChI=1S/C30H32BrFN4O2S2/c1-30(2,3)36-12-10-19(11-13-36)25-18-39-29(34-25)35-28-27(38-26-9-8-20(32)14-24(26)31)16-23(17-33-28)40-22-7-5-6-21(15-22)37-4/h5-9,14-19H,10-13H2,1-4H3,(H,33,34,35). The summed E-state index contributed by atoms with van der Waals surface area (Å²) in [6.07, 6.45) is 4.00. The first-order valence-electron chi connectivity index (χ1n) is 13.1. The summed E-state index contributed by atoms with van der Waals surface area (Å²) in [5, 5.41) is 6.27. The van der Waals surface area contributed by atoms with Crippen LogP contribution in [0, 0.1) is 5.82 Å². The van der Waals surface area contributed by atoms with Gasteiger partial charge in [0.25, 0.3) is 0 Å². The van der Waals surface area contributed by atoms with Gasteiger partial charge in [-0.15, -0.1) is 11.3 Å². The summed E-state index contributed by atoms with van der Waals surface area (Å²) < 4.78 is 25.9. The van der Waals surface area contributed by atoms with E-state index >= 15 is 0 Å². The average molecular weight is 644 g/mol. The number of nitrogens with zero attached hydrogens (tertiary/aromatic N) is 3. The molecule has 5 rings (SSSR count). The molecule has 0 saturated carbocycles. The Kier molecular flexibility index (Phi) is 8.99. The van der Waals surface area contributed by atoms with E-state index in [2.05, 4.69) is 52.3 Å². The molecule has 40 heavy (non-hydrogen) atoms. The molecule has 4 aromatic rings. The van der Waals surface area contributed by atoms with Crippen LogP contribution < -0.4 is 14.8 Å². The minimum atomic E-state index is -0.346. The third-order valence-corrected chi connectivity index (χ3v) is 9.17. The number of thiazole rings is 1. The highest BCUT2D eigenvalue weighted by molar-refractivity contribution is 9.10. The zero-order chi connectivity index (χ0) is 28.3. The summed E-state index contributed by atoms with van der Waals surface area (Å²) in [7, 11) is 1.65. The van der Waals surface area contributed by atoms with Gasteiger partial charge >= 0.3 is 0 Å². The molecule has 0 atom stereocenters. The van der Waals surface area contributed by atoms with Crippen LogP contribution in [0.1, 0.15) is 45.2 Å². The number of aromatic nitrogens is 2. The monoisotopic (exact) mass is 642 g/mol. The Hall–Kier alpha value is -2.66. The fraction of sp³-hybridized carbons (Fsp3) is 0.333. The predicted octanol–water partition coefficient (Wildman–Crippen LogP) is 9.11. The van der Waals surface area contributed by atoms with Crippen LogP contribution in [0.5, 0.6) is 17.2 Å². The van der Waals surface area contributed by atoms with Gasteiger partial charge in [0.2, 0.25) is 0 Å². The van der Waals surface area contributed by atoms with Crippen molar-refractivity contribution in [1.82, 2.24) is 14.9 Å². The number of anilines is 2. The average Bonchev–Trinajstić information content (AvgIpc) is 3.40. The van der Waals surface area contributed by atoms with Crippen molar-refractivity contribution in [2.24, 2.45) is 0 Å². The zero-order valence-electron chi connectivity index (χ0n) is 22.9. The van der Waals surface area contributed by atoms with Crippen LogP contribution in [0.3, 0.4) is 0 Å². The lowest BCUT2D eigenvalue weighted by Gasteiger charge is -2.40. The number of halogens is 2. The van der Waals surface area contributed by atoms with E-state index < -0.39 is 0 Å². The van der Waals surface area contributed by atoms with Crippen LogP contribution in [0.15, 0.2) is 74.4 Å². The van der Waals surface area contributed by atoms with Crippen molar-refractivity contribution < 1.29 is 13.9 Å². The van der Waals surface area contributed by atoms with Crippen LogP contribution >= 0.6 is 39.0 Å². The van der Waals surface area contributed by atoms with Gasteiger partial charge in [0.05, 0.1) is 17.3 Å². The minimum absolute atomic E-state index is 0.193. The smallest absolute Gasteiger partial charge is 0.188 e. The lowest BCUT2D eigenvalue weighted by Crippen LogP contribution is -2.45. The molecule has 0 bridgehead atoms. The third-order valence-electron chi connectivity index (χ3n) is 6.83. The minimum Gasteiger partial charge on any atom is -0.497 e. The largest absolute Gasteiger partial charge is 0.497 e. The maximum Gasteiger partial charge on any atom is 0.188 e. The van der Waals surface area contributed by atoms with Gasteiger partial charge in [-0.1, -0.05) is 17.8 Å². The molecule has 0 aliphatic carbocycles. The van der Waals surface area contributed by atoms with E-state index in [9.17, 15) is 4.39 Å². The zero-order valence-corrected chi connectivity index (χ0v) is 26.1. The molecule has 1 saturated heterocycles. The van der Waals surface area contributed by atoms with Gasteiger partial charge in [0.15, 0.2) is 16.7 Å². The van der Waals surface area contributed by atoms with Crippen molar-refractivity contribution >= 4 is 50.0 Å². The highest BCUT2D eigenvalue weighted by Crippen LogP contribution is 2.40. The van der Waals surface area contributed by atoms with Crippen LogP contribution in [0.4, 0.5) is 15.3 Å². The Morgan fingerprint density at radius 2 is 1.88 bits per heavy atom. The normalized spacial score (nSPS) is 14.8. The van der Waals surface area contributed by atoms with Crippen molar-refractivity contribution in [2.75, 3.05) is 25.5 Å². The first-order chi connectivity index (χ1) is 19.2. The second-order valence-electron chi connectivity index (χ2n) is 10.6. The Labute approximate surface area is 251 Å². The summed E-state index contributed by atoms with van der Waals surface area (Å²) in [5.74, 6) is 2.42. The molecule has 0 radical (unpaired) electrons. The molecule has 10 heteroatoms. The van der Waals surface area contributed by atoms with Gasteiger partial charge in [0, 0.05) is 38.9 Å². The second-order valence-corrected chi connectivity index (χ2v) is 13.5. The number of benzene rings is 2. The molecule has 1 aliphatic rings. The van der Waals surface area contributed by atoms with Crippen molar-refractivity contribution in [3.63, 3.8) is 0 Å². The molecular formula is C30H32BrFN4O2S2. The van der Waals surface area contributed by atoms with E-state index in [4.69, 9.17) is 19.4 Å². The fourth-order valence-electron chi connectivity index (χ4n) is 4.61. The SMILES string of the molecule is COc1cccc(Sc2cnc(Nc3nc(C4CCN(C(C)(C)C)CC4)cs3)c(Oc3ccc(F)cc3Br)c2)c1. The molecule has 0 spiro atoms. The lowest BCUT2D eigenvalue weighted by molar-refractivity contribution is 0.102. The van der Waals surface area contributed by atoms with E-state index in [0.717, 1.165) is 52.3 Å². The molecule has 6 nitrogen and oxygen atoms in total. The van der Waals surface area contributed by atoms with Crippen molar-refractivity contribution in [1.29, 1.82) is 0 Å². The summed E-state index contributed by atoms with van der Waals surface area (Å²) in [5.41, 5.74) is 1.31. The van der Waals surface area contributed by atoms with Gasteiger partial charge in [-0.2, -0.15) is 0 Å². The molecule has 1 aliphatic heterocycles. The topological polar surface area (TPSA) is 59.5 Å². The fourth-order valence-corrected chi connectivity index (χ4v) is 6.70. The van der Waals surface area contributed by atoms with Gasteiger partial charge < -0.3 is 14.8 Å². The molecule has 0 unspecified atom stereocenters. The Morgan fingerprint density at radius 3 is 2.60 bits per heavy atom. The van der Waals surface area contributed by atoms with Crippen molar-refractivity contribution in [2.45, 2.75) is 54.9 Å². The van der Waals surface area contributed by atoms with E-state index in [1.807, 2.05) is 30.3 Å². The number of rotatable bonds is 8. The molecule has 2 aromatic carbocycles. The number of likely N-dealkylation sites (tertiary alicyclic amines) is 1. The molecule has 2 aromatic heterocycles. The van der Waals surface area contributed by atoms with Gasteiger partial charge in [-0.05, 0) is 99.0 Å². The number of hydrogen-bond donors (Lipinski definition) is 1. The predicted molar refractivity (Wildman–Crippen MR) is 164 cm³/mol. The van der Waals surface area contributed by atoms with Gasteiger partial charge in [0.1, 0.15) is 17.3 Å². The second kappa shape index (κ2) is 12.5. The molecule has 3 heterocycles. The molecular weight excluding hydrogens is 611 g/mol. The summed E-state index contributed by atoms with van der Waals surface area (Å²) in [6.45, 7) is 8.97. The number of piperidine rings is 1. The van der Waals surface area contributed by atoms with E-state index in [1.165, 1.54) is 12.1 Å². The quantitative estimate of drug-likeness (QED) is 0.206. The Morgan fingerprint density at radius 1 is 1.07 bits per heavy atom. The third kappa shape index (κ3) is 7.15. The van der Waals surface area contributed by atoms with Crippen LogP contribution in [0.25, 0.3) is 0 Å². The summed E-state index contributed by atoms with van der Waals surface area (Å²) >= 11 is 6.52. The van der Waals surface area contributed by atoms with Crippen molar-refractivity contribution in [3.05, 3.63) is 76.1 Å². The molecule has 0 amide bonds. The summed E-state index contributed by atoms with van der Waals surface area (Å²) in [6, 6.07) is 14.1. The lowest BCUT2D eigenvalue weighted by atomic mass is 9.91. The molecule has 1 N–H and O–H groups in total. The highest BCUT2D eigenvalue weighted by atomic mass is 79.9. The van der Waals surface area contributed by atoms with Crippen LogP contribution in [-0.2, 0) is 0 Å². The molecule has 210 valence electrons. The number of hydrogen-bond acceptors (Lipinski definition) is 8. The van der Waals surface area contributed by atoms with Crippen molar-refractivity contribution in [3.8, 4) is 17.2 Å². The highest BCUT2D eigenvalue weighted by Gasteiger charge is 2.28. The Bertz CT molecular complexity index is 1470. The Balaban J connectivity index is 1.37. The van der Waals surface area contributed by atoms with Gasteiger partial charge in [-0.3, -0.25) is 4.90 Å². The first-order valence-corrected chi connectivity index (χ1v) is 15.6. The van der Waals surface area contributed by atoms with E-state index in [0.29, 0.717) is 27.7 Å². The summed E-state index contributed by atoms with van der Waals surface area (Å²) in [4.78, 5) is 14.1. The van der Waals surface area contributed by atoms with E-state index in [1.54, 1.807) is 42.5 Å². The maximum atomic E-state index is 13.7. The number of methoxy groups -OCH3 is 1. The van der Waals surface area contributed by atoms with Gasteiger partial charge in [-0.25, -0.2) is 14.4 Å². The van der Waals surface area contributed by atoms with Crippen LogP contribution in [0.2, 0.25) is 0 Å². The number of ether oxygens (including phenoxy) is 2. The number of pyridine rings is 1. The van der Waals surface area contributed by atoms with E-state index in [-0.39, 0.29) is 11.4 Å². The van der Waals surface area contributed by atoms with Crippen LogP contribution in [-0.4, -0.2) is 40.6 Å². The number of nitrogens with one attached hydrogen (secondary N) is 1. The molecule has 1 fully saturated rings.